The first-order valence-corrected chi connectivity index (χ1v) is 6.99. The number of hydrogen-bond acceptors (Lipinski definition) is 3. The van der Waals surface area contributed by atoms with Gasteiger partial charge in [0.1, 0.15) is 11.3 Å². The number of carbonyl (C=O) groups is 1. The van der Waals surface area contributed by atoms with Crippen molar-refractivity contribution in [2.45, 2.75) is 6.92 Å². The van der Waals surface area contributed by atoms with Crippen molar-refractivity contribution >= 4 is 33.2 Å². The molecule has 0 saturated heterocycles. The Morgan fingerprint density at radius 2 is 1.95 bits per heavy atom. The highest BCUT2D eigenvalue weighted by atomic mass is 79.9. The maximum Gasteiger partial charge on any atom is 0.261 e. The van der Waals surface area contributed by atoms with Crippen LogP contribution in [0.15, 0.2) is 46.9 Å². The minimum absolute atomic E-state index is 0.283. The van der Waals surface area contributed by atoms with Crippen LogP contribution in [0.1, 0.15) is 17.3 Å². The Hall–Kier alpha value is -2.01. The predicted molar refractivity (Wildman–Crippen MR) is 84.1 cm³/mol. The summed E-state index contributed by atoms with van der Waals surface area (Å²) in [6.45, 7) is 2.33. The number of halogens is 1. The van der Waals surface area contributed by atoms with Gasteiger partial charge in [-0.05, 0) is 43.3 Å². The van der Waals surface area contributed by atoms with E-state index in [1.807, 2.05) is 31.2 Å². The summed E-state index contributed by atoms with van der Waals surface area (Å²) in [5, 5.41) is 2.81. The maximum atomic E-state index is 12.3. The molecule has 0 aromatic heterocycles. The number of anilines is 2. The molecule has 2 rings (SSSR count). The Morgan fingerprint density at radius 3 is 2.60 bits per heavy atom. The van der Waals surface area contributed by atoms with Crippen LogP contribution >= 0.6 is 15.9 Å². The van der Waals surface area contributed by atoms with Crippen molar-refractivity contribution in [1.82, 2.24) is 0 Å². The van der Waals surface area contributed by atoms with E-state index in [9.17, 15) is 4.79 Å². The highest BCUT2D eigenvalue weighted by Crippen LogP contribution is 2.26. The zero-order chi connectivity index (χ0) is 14.5. The van der Waals surface area contributed by atoms with E-state index in [1.54, 1.807) is 18.2 Å². The van der Waals surface area contributed by atoms with Gasteiger partial charge in [-0.3, -0.25) is 4.79 Å². The highest BCUT2D eigenvalue weighted by molar-refractivity contribution is 9.10. The van der Waals surface area contributed by atoms with Crippen LogP contribution < -0.4 is 15.8 Å². The Morgan fingerprint density at radius 1 is 1.25 bits per heavy atom. The molecule has 0 radical (unpaired) electrons. The normalized spacial score (nSPS) is 10.1. The summed E-state index contributed by atoms with van der Waals surface area (Å²) < 4.78 is 6.40. The largest absolute Gasteiger partial charge is 0.493 e. The molecule has 0 saturated carbocycles. The summed E-state index contributed by atoms with van der Waals surface area (Å²) in [4.78, 5) is 12.3. The van der Waals surface area contributed by atoms with E-state index in [-0.39, 0.29) is 5.91 Å². The van der Waals surface area contributed by atoms with Crippen LogP contribution in [-0.2, 0) is 0 Å². The second-order valence-corrected chi connectivity index (χ2v) is 5.03. The molecular formula is C15H15BrN2O2. The third-order valence-electron chi connectivity index (χ3n) is 2.69. The molecule has 1 amide bonds. The summed E-state index contributed by atoms with van der Waals surface area (Å²) in [7, 11) is 0. The van der Waals surface area contributed by atoms with Gasteiger partial charge in [0, 0.05) is 15.8 Å². The standard InChI is InChI=1S/C15H15BrN2O2/c1-2-20-13-5-3-4-12(17)14(13)15(19)18-11-8-6-10(16)7-9-11/h3-9H,2,17H2,1H3,(H,18,19). The van der Waals surface area contributed by atoms with Gasteiger partial charge >= 0.3 is 0 Å². The molecule has 0 aliphatic heterocycles. The average Bonchev–Trinajstić information content (AvgIpc) is 2.42. The molecule has 2 aromatic rings. The molecule has 2 aromatic carbocycles. The molecule has 3 N–H and O–H groups in total. The van der Waals surface area contributed by atoms with Gasteiger partial charge in [0.15, 0.2) is 0 Å². The first-order chi connectivity index (χ1) is 9.61. The molecule has 0 aliphatic carbocycles. The van der Waals surface area contributed by atoms with Crippen LogP contribution in [-0.4, -0.2) is 12.5 Å². The van der Waals surface area contributed by atoms with E-state index < -0.39 is 0 Å². The lowest BCUT2D eigenvalue weighted by atomic mass is 10.1. The van der Waals surface area contributed by atoms with Crippen molar-refractivity contribution < 1.29 is 9.53 Å². The van der Waals surface area contributed by atoms with Crippen LogP contribution in [0.25, 0.3) is 0 Å². The van der Waals surface area contributed by atoms with Crippen molar-refractivity contribution in [3.63, 3.8) is 0 Å². The molecule has 5 heteroatoms. The number of nitrogens with two attached hydrogens (primary N) is 1. The van der Waals surface area contributed by atoms with Crippen molar-refractivity contribution in [1.29, 1.82) is 0 Å². The number of amides is 1. The van der Waals surface area contributed by atoms with Crippen LogP contribution in [0.4, 0.5) is 11.4 Å². The number of nitrogens with one attached hydrogen (secondary N) is 1. The molecule has 4 nitrogen and oxygen atoms in total. The van der Waals surface area contributed by atoms with Gasteiger partial charge in [-0.1, -0.05) is 22.0 Å². The second kappa shape index (κ2) is 6.43. The van der Waals surface area contributed by atoms with Crippen LogP contribution in [0.2, 0.25) is 0 Å². The van der Waals surface area contributed by atoms with Gasteiger partial charge in [-0.15, -0.1) is 0 Å². The number of benzene rings is 2. The zero-order valence-electron chi connectivity index (χ0n) is 11.0. The number of carbonyl (C=O) groups excluding carboxylic acids is 1. The number of nitrogen functional groups attached to an aromatic ring is 1. The third kappa shape index (κ3) is 3.30. The van der Waals surface area contributed by atoms with Gasteiger partial charge in [0.25, 0.3) is 5.91 Å². The minimum Gasteiger partial charge on any atom is -0.493 e. The minimum atomic E-state index is -0.283. The maximum absolute atomic E-state index is 12.3. The third-order valence-corrected chi connectivity index (χ3v) is 3.22. The van der Waals surface area contributed by atoms with Crippen molar-refractivity contribution in [3.05, 3.63) is 52.5 Å². The summed E-state index contributed by atoms with van der Waals surface area (Å²) >= 11 is 3.35. The van der Waals surface area contributed by atoms with E-state index in [0.29, 0.717) is 29.3 Å². The topological polar surface area (TPSA) is 64.3 Å². The molecule has 104 valence electrons. The molecule has 0 bridgehead atoms. The monoisotopic (exact) mass is 334 g/mol. The Balaban J connectivity index is 2.26. The van der Waals surface area contributed by atoms with Crippen LogP contribution in [0.5, 0.6) is 5.75 Å². The number of ether oxygens (including phenoxy) is 1. The fraction of sp³-hybridized carbons (Fsp3) is 0.133. The lowest BCUT2D eigenvalue weighted by Gasteiger charge is -2.12. The average molecular weight is 335 g/mol. The van der Waals surface area contributed by atoms with Gasteiger partial charge in [-0.25, -0.2) is 0 Å². The summed E-state index contributed by atoms with van der Waals surface area (Å²) in [5.74, 6) is 0.205. The lowest BCUT2D eigenvalue weighted by Crippen LogP contribution is -2.15. The van der Waals surface area contributed by atoms with E-state index in [1.165, 1.54) is 0 Å². The Labute approximate surface area is 126 Å². The van der Waals surface area contributed by atoms with Gasteiger partial charge in [0.05, 0.1) is 6.61 Å². The fourth-order valence-corrected chi connectivity index (χ4v) is 2.06. The smallest absolute Gasteiger partial charge is 0.261 e. The molecular weight excluding hydrogens is 320 g/mol. The number of hydrogen-bond donors (Lipinski definition) is 2. The highest BCUT2D eigenvalue weighted by Gasteiger charge is 2.16. The fourth-order valence-electron chi connectivity index (χ4n) is 1.79. The zero-order valence-corrected chi connectivity index (χ0v) is 12.6. The second-order valence-electron chi connectivity index (χ2n) is 4.11. The molecule has 0 aliphatic rings. The van der Waals surface area contributed by atoms with E-state index in [4.69, 9.17) is 10.5 Å². The van der Waals surface area contributed by atoms with Crippen LogP contribution in [0, 0.1) is 0 Å². The Kier molecular flexibility index (Phi) is 4.63. The number of rotatable bonds is 4. The van der Waals surface area contributed by atoms with E-state index in [0.717, 1.165) is 4.47 Å². The summed E-state index contributed by atoms with van der Waals surface area (Å²) in [5.41, 5.74) is 7.33. The SMILES string of the molecule is CCOc1cccc(N)c1C(=O)Nc1ccc(Br)cc1. The van der Waals surface area contributed by atoms with E-state index >= 15 is 0 Å². The van der Waals surface area contributed by atoms with Crippen molar-refractivity contribution in [3.8, 4) is 5.75 Å². The summed E-state index contributed by atoms with van der Waals surface area (Å²) in [6, 6.07) is 12.5. The van der Waals surface area contributed by atoms with Crippen molar-refractivity contribution in [2.24, 2.45) is 0 Å². The predicted octanol–water partition coefficient (Wildman–Crippen LogP) is 3.68. The molecule has 0 spiro atoms. The van der Waals surface area contributed by atoms with Gasteiger partial charge in [0.2, 0.25) is 0 Å². The first-order valence-electron chi connectivity index (χ1n) is 6.20. The lowest BCUT2D eigenvalue weighted by molar-refractivity contribution is 0.102. The van der Waals surface area contributed by atoms with Crippen molar-refractivity contribution in [2.75, 3.05) is 17.7 Å². The van der Waals surface area contributed by atoms with Gasteiger partial charge < -0.3 is 15.8 Å². The molecule has 0 atom stereocenters. The van der Waals surface area contributed by atoms with E-state index in [2.05, 4.69) is 21.2 Å². The Bertz CT molecular complexity index is 612. The quantitative estimate of drug-likeness (QED) is 0.838. The van der Waals surface area contributed by atoms with Gasteiger partial charge in [-0.2, -0.15) is 0 Å². The molecule has 20 heavy (non-hydrogen) atoms. The van der Waals surface area contributed by atoms with Crippen LogP contribution in [0.3, 0.4) is 0 Å². The molecule has 0 unspecified atom stereocenters. The first kappa shape index (κ1) is 14.4. The summed E-state index contributed by atoms with van der Waals surface area (Å²) in [6.07, 6.45) is 0. The molecule has 0 heterocycles. The molecule has 0 fully saturated rings.